The fourth-order valence-corrected chi connectivity index (χ4v) is 2.36. The van der Waals surface area contributed by atoms with Crippen LogP contribution in [0.15, 0.2) is 24.3 Å². The maximum absolute atomic E-state index is 3.67. The molecule has 0 fully saturated rings. The summed E-state index contributed by atoms with van der Waals surface area (Å²) in [5.41, 5.74) is 2.79. The third kappa shape index (κ3) is 3.97. The van der Waals surface area contributed by atoms with Gasteiger partial charge >= 0.3 is 0 Å². The topological polar surface area (TPSA) is 12.0 Å². The Balaban J connectivity index is 2.58. The average molecular weight is 219 g/mol. The molecule has 0 bridgehead atoms. The van der Waals surface area contributed by atoms with Crippen molar-refractivity contribution in [2.45, 2.75) is 53.1 Å². The summed E-state index contributed by atoms with van der Waals surface area (Å²) < 4.78 is 0. The molecule has 1 aromatic rings. The van der Waals surface area contributed by atoms with Gasteiger partial charge in [0, 0.05) is 12.1 Å². The Bertz CT molecular complexity index is 317. The van der Waals surface area contributed by atoms with E-state index < -0.39 is 0 Å². The molecule has 0 aliphatic rings. The van der Waals surface area contributed by atoms with Crippen LogP contribution in [-0.2, 0) is 0 Å². The Morgan fingerprint density at radius 3 is 2.25 bits per heavy atom. The quantitative estimate of drug-likeness (QED) is 0.787. The summed E-state index contributed by atoms with van der Waals surface area (Å²) in [5.74, 6) is 0.756. The number of aryl methyl sites for hydroxylation is 1. The van der Waals surface area contributed by atoms with Gasteiger partial charge in [-0.1, -0.05) is 38.1 Å². The lowest BCUT2D eigenvalue weighted by atomic mass is 10.00. The average Bonchev–Trinajstić information content (AvgIpc) is 2.16. The van der Waals surface area contributed by atoms with Crippen molar-refractivity contribution >= 4 is 0 Å². The second kappa shape index (κ2) is 6.05. The Kier molecular flexibility index (Phi) is 5.01. The Morgan fingerprint density at radius 2 is 1.69 bits per heavy atom. The van der Waals surface area contributed by atoms with Gasteiger partial charge in [0.25, 0.3) is 0 Å². The van der Waals surface area contributed by atoms with Crippen molar-refractivity contribution in [1.29, 1.82) is 0 Å². The van der Waals surface area contributed by atoms with Crippen molar-refractivity contribution in [3.05, 3.63) is 35.4 Å². The maximum Gasteiger partial charge on any atom is 0.0296 e. The molecule has 16 heavy (non-hydrogen) atoms. The molecule has 0 aliphatic heterocycles. The molecule has 0 radical (unpaired) electrons. The first-order valence-electron chi connectivity index (χ1n) is 6.32. The number of hydrogen-bond acceptors (Lipinski definition) is 1. The first-order valence-corrected chi connectivity index (χ1v) is 6.32. The molecule has 0 saturated heterocycles. The molecule has 1 nitrogen and oxygen atoms in total. The van der Waals surface area contributed by atoms with Gasteiger partial charge < -0.3 is 5.32 Å². The molecule has 0 amide bonds. The molecule has 0 heterocycles. The van der Waals surface area contributed by atoms with Crippen molar-refractivity contribution in [1.82, 2.24) is 5.32 Å². The van der Waals surface area contributed by atoms with Gasteiger partial charge in [0.15, 0.2) is 0 Å². The van der Waals surface area contributed by atoms with Crippen LogP contribution in [0.25, 0.3) is 0 Å². The number of hydrogen-bond donors (Lipinski definition) is 1. The van der Waals surface area contributed by atoms with E-state index in [1.165, 1.54) is 17.5 Å². The molecule has 1 aromatic carbocycles. The largest absolute Gasteiger partial charge is 0.308 e. The van der Waals surface area contributed by atoms with Gasteiger partial charge in [-0.2, -0.15) is 0 Å². The van der Waals surface area contributed by atoms with Gasteiger partial charge in [0.2, 0.25) is 0 Å². The summed E-state index contributed by atoms with van der Waals surface area (Å²) in [6.07, 6.45) is 1.23. The highest BCUT2D eigenvalue weighted by atomic mass is 14.9. The van der Waals surface area contributed by atoms with E-state index in [1.54, 1.807) is 0 Å². The predicted molar refractivity (Wildman–Crippen MR) is 71.6 cm³/mol. The van der Waals surface area contributed by atoms with E-state index in [9.17, 15) is 0 Å². The molecular weight excluding hydrogens is 194 g/mol. The lowest BCUT2D eigenvalue weighted by Gasteiger charge is -2.23. The van der Waals surface area contributed by atoms with E-state index in [-0.39, 0.29) is 0 Å². The van der Waals surface area contributed by atoms with Crippen LogP contribution in [0, 0.1) is 12.8 Å². The molecular formula is C15H25N. The van der Waals surface area contributed by atoms with Crippen LogP contribution >= 0.6 is 0 Å². The van der Waals surface area contributed by atoms with E-state index in [0.717, 1.165) is 5.92 Å². The molecule has 1 rings (SSSR count). The van der Waals surface area contributed by atoms with Crippen molar-refractivity contribution < 1.29 is 0 Å². The first-order chi connectivity index (χ1) is 7.50. The van der Waals surface area contributed by atoms with E-state index in [4.69, 9.17) is 0 Å². The van der Waals surface area contributed by atoms with Gasteiger partial charge in [-0.05, 0) is 44.2 Å². The summed E-state index contributed by atoms with van der Waals surface area (Å²) in [6, 6.07) is 9.64. The van der Waals surface area contributed by atoms with Crippen LogP contribution in [0.5, 0.6) is 0 Å². The third-order valence-electron chi connectivity index (χ3n) is 3.01. The van der Waals surface area contributed by atoms with Crippen molar-refractivity contribution in [2.24, 2.45) is 5.92 Å². The van der Waals surface area contributed by atoms with E-state index in [1.807, 2.05) is 0 Å². The molecule has 0 spiro atoms. The summed E-state index contributed by atoms with van der Waals surface area (Å²) in [6.45, 7) is 11.3. The lowest BCUT2D eigenvalue weighted by molar-refractivity contribution is 0.406. The van der Waals surface area contributed by atoms with Crippen LogP contribution in [0.4, 0.5) is 0 Å². The van der Waals surface area contributed by atoms with E-state index >= 15 is 0 Å². The molecule has 1 heteroatoms. The predicted octanol–water partition coefficient (Wildman–Crippen LogP) is 4.08. The summed E-state index contributed by atoms with van der Waals surface area (Å²) in [4.78, 5) is 0. The monoisotopic (exact) mass is 219 g/mol. The fourth-order valence-electron chi connectivity index (χ4n) is 2.36. The van der Waals surface area contributed by atoms with E-state index in [2.05, 4.69) is 64.2 Å². The molecule has 0 aromatic heterocycles. The van der Waals surface area contributed by atoms with Crippen molar-refractivity contribution in [2.75, 3.05) is 0 Å². The Morgan fingerprint density at radius 1 is 1.06 bits per heavy atom. The van der Waals surface area contributed by atoms with Crippen LogP contribution < -0.4 is 5.32 Å². The molecule has 2 atom stereocenters. The van der Waals surface area contributed by atoms with Crippen molar-refractivity contribution in [3.8, 4) is 0 Å². The molecule has 1 unspecified atom stereocenters. The minimum absolute atomic E-state index is 0.440. The van der Waals surface area contributed by atoms with Crippen LogP contribution in [0.3, 0.4) is 0 Å². The zero-order valence-corrected chi connectivity index (χ0v) is 11.2. The Labute approximate surface area is 100 Å². The summed E-state index contributed by atoms with van der Waals surface area (Å²) in [5, 5.41) is 3.67. The second-order valence-corrected chi connectivity index (χ2v) is 5.28. The van der Waals surface area contributed by atoms with Crippen molar-refractivity contribution in [3.63, 3.8) is 0 Å². The third-order valence-corrected chi connectivity index (χ3v) is 3.01. The Hall–Kier alpha value is -0.820. The van der Waals surface area contributed by atoms with Gasteiger partial charge in [0.1, 0.15) is 0 Å². The maximum atomic E-state index is 3.67. The minimum Gasteiger partial charge on any atom is -0.308 e. The smallest absolute Gasteiger partial charge is 0.0296 e. The number of rotatable bonds is 5. The molecule has 0 saturated carbocycles. The summed E-state index contributed by atoms with van der Waals surface area (Å²) in [7, 11) is 0. The van der Waals surface area contributed by atoms with Crippen LogP contribution in [0.1, 0.15) is 51.3 Å². The highest BCUT2D eigenvalue weighted by Gasteiger charge is 2.11. The van der Waals surface area contributed by atoms with E-state index in [0.29, 0.717) is 12.1 Å². The zero-order valence-electron chi connectivity index (χ0n) is 11.2. The van der Waals surface area contributed by atoms with Crippen LogP contribution in [0.2, 0.25) is 0 Å². The second-order valence-electron chi connectivity index (χ2n) is 5.28. The highest BCUT2D eigenvalue weighted by molar-refractivity contribution is 5.28. The summed E-state index contributed by atoms with van der Waals surface area (Å²) >= 11 is 0. The van der Waals surface area contributed by atoms with Gasteiger partial charge in [0.05, 0.1) is 0 Å². The van der Waals surface area contributed by atoms with Gasteiger partial charge in [-0.25, -0.2) is 0 Å². The van der Waals surface area contributed by atoms with Gasteiger partial charge in [-0.3, -0.25) is 0 Å². The van der Waals surface area contributed by atoms with Crippen LogP contribution in [-0.4, -0.2) is 6.04 Å². The highest BCUT2D eigenvalue weighted by Crippen LogP contribution is 2.18. The lowest BCUT2D eigenvalue weighted by Crippen LogP contribution is -2.30. The first kappa shape index (κ1) is 13.2. The normalized spacial score (nSPS) is 15.1. The molecule has 90 valence electrons. The number of nitrogens with one attached hydrogen (secondary N) is 1. The SMILES string of the molecule is Cc1ccccc1[C@H](C)NC(C)CC(C)C. The fraction of sp³-hybridized carbons (Fsp3) is 0.600. The zero-order chi connectivity index (χ0) is 12.1. The molecule has 1 N–H and O–H groups in total. The van der Waals surface area contributed by atoms with Gasteiger partial charge in [-0.15, -0.1) is 0 Å². The molecule has 0 aliphatic carbocycles. The standard InChI is InChI=1S/C15H25N/c1-11(2)10-13(4)16-14(5)15-9-7-6-8-12(15)3/h6-9,11,13-14,16H,10H2,1-5H3/t13?,14-/m0/s1. The number of benzene rings is 1. The minimum atomic E-state index is 0.440.